The number of hydrogen-bond acceptors (Lipinski definition) is 5. The van der Waals surface area contributed by atoms with Crippen LogP contribution in [0.2, 0.25) is 0 Å². The second-order valence-electron chi connectivity index (χ2n) is 5.25. The predicted molar refractivity (Wildman–Crippen MR) is 93.7 cm³/mol. The van der Waals surface area contributed by atoms with Gasteiger partial charge < -0.3 is 21.5 Å². The van der Waals surface area contributed by atoms with Gasteiger partial charge in [-0.3, -0.25) is 14.4 Å². The SMILES string of the molecule is CSCC[C@@H](N)C(=O)N[C@@H](Cc1ccccc1)C(=O)NCC(=O)O. The molecule has 2 amide bonds. The van der Waals surface area contributed by atoms with Gasteiger partial charge in [0.05, 0.1) is 6.04 Å². The Morgan fingerprint density at radius 3 is 2.46 bits per heavy atom. The van der Waals surface area contributed by atoms with Crippen LogP contribution in [0.3, 0.4) is 0 Å². The first-order valence-electron chi connectivity index (χ1n) is 7.52. The number of rotatable bonds is 10. The molecule has 0 unspecified atom stereocenters. The lowest BCUT2D eigenvalue weighted by Crippen LogP contribution is -2.53. The van der Waals surface area contributed by atoms with Crippen molar-refractivity contribution in [3.63, 3.8) is 0 Å². The number of carboxylic acids is 1. The van der Waals surface area contributed by atoms with Crippen LogP contribution in [0.1, 0.15) is 12.0 Å². The van der Waals surface area contributed by atoms with Gasteiger partial charge in [0.2, 0.25) is 11.8 Å². The average Bonchev–Trinajstić information content (AvgIpc) is 2.57. The molecule has 0 saturated carbocycles. The highest BCUT2D eigenvalue weighted by Gasteiger charge is 2.24. The summed E-state index contributed by atoms with van der Waals surface area (Å²) < 4.78 is 0. The molecule has 24 heavy (non-hydrogen) atoms. The molecule has 132 valence electrons. The lowest BCUT2D eigenvalue weighted by molar-refractivity contribution is -0.138. The van der Waals surface area contributed by atoms with E-state index in [0.717, 1.165) is 11.3 Å². The number of aliphatic carboxylic acids is 1. The standard InChI is InChI=1S/C16H23N3O4S/c1-24-8-7-12(17)15(22)19-13(16(23)18-10-14(20)21)9-11-5-3-2-4-6-11/h2-6,12-13H,7-10,17H2,1H3,(H,18,23)(H,19,22)(H,20,21)/t12-,13+/m1/s1. The van der Waals surface area contributed by atoms with Gasteiger partial charge in [0.1, 0.15) is 12.6 Å². The topological polar surface area (TPSA) is 122 Å². The van der Waals surface area contributed by atoms with Gasteiger partial charge in [-0.05, 0) is 24.0 Å². The molecule has 0 spiro atoms. The molecule has 5 N–H and O–H groups in total. The molecule has 1 aromatic rings. The summed E-state index contributed by atoms with van der Waals surface area (Å²) in [5.41, 5.74) is 6.67. The summed E-state index contributed by atoms with van der Waals surface area (Å²) in [6, 6.07) is 7.58. The van der Waals surface area contributed by atoms with E-state index in [4.69, 9.17) is 10.8 Å². The van der Waals surface area contributed by atoms with Crippen LogP contribution in [-0.2, 0) is 20.8 Å². The first kappa shape index (κ1) is 20.0. The number of carbonyl (C=O) groups excluding carboxylic acids is 2. The Hall–Kier alpha value is -2.06. The summed E-state index contributed by atoms with van der Waals surface area (Å²) in [5.74, 6) is -1.38. The Morgan fingerprint density at radius 1 is 1.21 bits per heavy atom. The van der Waals surface area contributed by atoms with Crippen LogP contribution in [0.25, 0.3) is 0 Å². The molecule has 7 nitrogen and oxygen atoms in total. The van der Waals surface area contributed by atoms with E-state index >= 15 is 0 Å². The third-order valence-electron chi connectivity index (χ3n) is 3.30. The van der Waals surface area contributed by atoms with E-state index in [1.807, 2.05) is 36.6 Å². The highest BCUT2D eigenvalue weighted by Crippen LogP contribution is 2.05. The summed E-state index contributed by atoms with van der Waals surface area (Å²) in [6.45, 7) is -0.501. The fourth-order valence-corrected chi connectivity index (χ4v) is 2.49. The molecule has 0 aromatic heterocycles. The third-order valence-corrected chi connectivity index (χ3v) is 3.94. The van der Waals surface area contributed by atoms with Crippen LogP contribution in [-0.4, -0.2) is 53.5 Å². The maximum atomic E-state index is 12.2. The third kappa shape index (κ3) is 7.47. The van der Waals surface area contributed by atoms with Crippen molar-refractivity contribution in [2.24, 2.45) is 5.73 Å². The number of amides is 2. The van der Waals surface area contributed by atoms with Crippen LogP contribution in [0, 0.1) is 0 Å². The van der Waals surface area contributed by atoms with Gasteiger partial charge in [0.25, 0.3) is 0 Å². The molecule has 1 aromatic carbocycles. The zero-order valence-corrected chi connectivity index (χ0v) is 14.3. The monoisotopic (exact) mass is 353 g/mol. The van der Waals surface area contributed by atoms with Crippen molar-refractivity contribution < 1.29 is 19.5 Å². The number of nitrogens with one attached hydrogen (secondary N) is 2. The van der Waals surface area contributed by atoms with Crippen LogP contribution in [0.5, 0.6) is 0 Å². The number of benzene rings is 1. The van der Waals surface area contributed by atoms with Gasteiger partial charge in [0.15, 0.2) is 0 Å². The molecule has 0 fully saturated rings. The zero-order valence-electron chi connectivity index (χ0n) is 13.5. The van der Waals surface area contributed by atoms with Crippen molar-refractivity contribution in [3.8, 4) is 0 Å². The van der Waals surface area contributed by atoms with E-state index in [2.05, 4.69) is 10.6 Å². The largest absolute Gasteiger partial charge is 0.480 e. The minimum atomic E-state index is -1.15. The van der Waals surface area contributed by atoms with Gasteiger partial charge in [-0.15, -0.1) is 0 Å². The summed E-state index contributed by atoms with van der Waals surface area (Å²) in [4.78, 5) is 34.9. The number of thioether (sulfide) groups is 1. The fourth-order valence-electron chi connectivity index (χ4n) is 2.00. The second kappa shape index (κ2) is 10.7. The summed E-state index contributed by atoms with van der Waals surface area (Å²) in [5, 5.41) is 13.6. The summed E-state index contributed by atoms with van der Waals surface area (Å²) in [7, 11) is 0. The molecule has 0 heterocycles. The smallest absolute Gasteiger partial charge is 0.322 e. The number of hydrogen-bond donors (Lipinski definition) is 4. The lowest BCUT2D eigenvalue weighted by Gasteiger charge is -2.20. The summed E-state index contributed by atoms with van der Waals surface area (Å²) >= 11 is 1.58. The Bertz CT molecular complexity index is 554. The van der Waals surface area contributed by atoms with Gasteiger partial charge in [-0.2, -0.15) is 11.8 Å². The maximum Gasteiger partial charge on any atom is 0.322 e. The second-order valence-corrected chi connectivity index (χ2v) is 6.24. The first-order valence-corrected chi connectivity index (χ1v) is 8.91. The molecule has 0 bridgehead atoms. The van der Waals surface area contributed by atoms with E-state index in [9.17, 15) is 14.4 Å². The quantitative estimate of drug-likeness (QED) is 0.470. The number of carboxylic acid groups (broad SMARTS) is 1. The van der Waals surface area contributed by atoms with Crippen LogP contribution < -0.4 is 16.4 Å². The minimum absolute atomic E-state index is 0.257. The van der Waals surface area contributed by atoms with Gasteiger partial charge >= 0.3 is 5.97 Å². The molecule has 0 aliphatic rings. The molecular formula is C16H23N3O4S. The lowest BCUT2D eigenvalue weighted by atomic mass is 10.0. The minimum Gasteiger partial charge on any atom is -0.480 e. The van der Waals surface area contributed by atoms with Crippen molar-refractivity contribution in [1.29, 1.82) is 0 Å². The van der Waals surface area contributed by atoms with Crippen molar-refractivity contribution >= 4 is 29.5 Å². The van der Waals surface area contributed by atoms with E-state index in [1.54, 1.807) is 11.8 Å². The highest BCUT2D eigenvalue weighted by molar-refractivity contribution is 7.98. The number of carbonyl (C=O) groups is 3. The van der Waals surface area contributed by atoms with Crippen molar-refractivity contribution in [2.75, 3.05) is 18.6 Å². The molecule has 1 rings (SSSR count). The Balaban J connectivity index is 2.74. The average molecular weight is 353 g/mol. The summed E-state index contributed by atoms with van der Waals surface area (Å²) in [6.07, 6.45) is 2.68. The Labute approximate surface area is 145 Å². The Kier molecular flexibility index (Phi) is 8.88. The van der Waals surface area contributed by atoms with Crippen molar-refractivity contribution in [3.05, 3.63) is 35.9 Å². The van der Waals surface area contributed by atoms with E-state index in [0.29, 0.717) is 6.42 Å². The van der Waals surface area contributed by atoms with Crippen LogP contribution >= 0.6 is 11.8 Å². The molecule has 0 aliphatic heterocycles. The molecule has 2 atom stereocenters. The van der Waals surface area contributed by atoms with Crippen LogP contribution in [0.4, 0.5) is 0 Å². The first-order chi connectivity index (χ1) is 11.4. The van der Waals surface area contributed by atoms with Gasteiger partial charge in [0, 0.05) is 6.42 Å². The molecule has 0 aliphatic carbocycles. The van der Waals surface area contributed by atoms with E-state index < -0.39 is 36.4 Å². The van der Waals surface area contributed by atoms with Crippen LogP contribution in [0.15, 0.2) is 30.3 Å². The van der Waals surface area contributed by atoms with Crippen molar-refractivity contribution in [1.82, 2.24) is 10.6 Å². The predicted octanol–water partition coefficient (Wildman–Crippen LogP) is -0.00490. The zero-order chi connectivity index (χ0) is 17.9. The highest BCUT2D eigenvalue weighted by atomic mass is 32.2. The molecule has 0 radical (unpaired) electrons. The Morgan fingerprint density at radius 2 is 1.88 bits per heavy atom. The molecule has 8 heteroatoms. The van der Waals surface area contributed by atoms with E-state index in [1.165, 1.54) is 0 Å². The maximum absolute atomic E-state index is 12.2. The van der Waals surface area contributed by atoms with Gasteiger partial charge in [-0.25, -0.2) is 0 Å². The van der Waals surface area contributed by atoms with E-state index in [-0.39, 0.29) is 6.42 Å². The number of nitrogens with two attached hydrogens (primary N) is 1. The molecular weight excluding hydrogens is 330 g/mol. The normalized spacial score (nSPS) is 12.9. The van der Waals surface area contributed by atoms with Crippen molar-refractivity contribution in [2.45, 2.75) is 24.9 Å². The molecule has 0 saturated heterocycles. The van der Waals surface area contributed by atoms with Gasteiger partial charge in [-0.1, -0.05) is 30.3 Å². The fraction of sp³-hybridized carbons (Fsp3) is 0.438.